The summed E-state index contributed by atoms with van der Waals surface area (Å²) in [5.41, 5.74) is 5.31. The van der Waals surface area contributed by atoms with Crippen molar-refractivity contribution in [3.8, 4) is 22.4 Å². The summed E-state index contributed by atoms with van der Waals surface area (Å²) in [5.74, 6) is 0. The molecule has 1 heterocycles. The summed E-state index contributed by atoms with van der Waals surface area (Å²) in [6, 6.07) is 17.3. The molecule has 0 spiro atoms. The quantitative estimate of drug-likeness (QED) is 0.545. The Balaban J connectivity index is 2.35. The fraction of sp³-hybridized carbons (Fsp3) is 0.0500. The molecule has 0 aliphatic rings. The van der Waals surface area contributed by atoms with Gasteiger partial charge in [0.1, 0.15) is 0 Å². The SMILES string of the molecule is [C-]#[N+]c1cccc(-c2nccc(C)c2-c2ccccc2)c1[N+]#[C-]. The van der Waals surface area contributed by atoms with Crippen molar-refractivity contribution in [3.63, 3.8) is 0 Å². The number of pyridine rings is 1. The van der Waals surface area contributed by atoms with Gasteiger partial charge < -0.3 is 0 Å². The largest absolute Gasteiger partial charge is 0.257 e. The van der Waals surface area contributed by atoms with Gasteiger partial charge in [0.05, 0.1) is 18.8 Å². The summed E-state index contributed by atoms with van der Waals surface area (Å²) < 4.78 is 0. The van der Waals surface area contributed by atoms with Crippen molar-refractivity contribution in [1.82, 2.24) is 4.98 Å². The lowest BCUT2D eigenvalue weighted by Gasteiger charge is -2.14. The van der Waals surface area contributed by atoms with Gasteiger partial charge in [-0.2, -0.15) is 0 Å². The number of hydrogen-bond donors (Lipinski definition) is 0. The summed E-state index contributed by atoms with van der Waals surface area (Å²) in [5, 5.41) is 0. The van der Waals surface area contributed by atoms with Crippen LogP contribution in [0, 0.1) is 20.1 Å². The van der Waals surface area contributed by atoms with Gasteiger partial charge in [0.25, 0.3) is 0 Å². The molecule has 0 aliphatic heterocycles. The Bertz CT molecular complexity index is 945. The van der Waals surface area contributed by atoms with Gasteiger partial charge in [-0.3, -0.25) is 9.83 Å². The average Bonchev–Trinajstić information content (AvgIpc) is 2.61. The van der Waals surface area contributed by atoms with E-state index in [1.807, 2.05) is 49.4 Å². The highest BCUT2D eigenvalue weighted by molar-refractivity contribution is 5.93. The number of aryl methyl sites for hydroxylation is 1. The first kappa shape index (κ1) is 14.5. The van der Waals surface area contributed by atoms with Crippen LogP contribution in [0.4, 0.5) is 11.4 Å². The van der Waals surface area contributed by atoms with Crippen LogP contribution >= 0.6 is 0 Å². The summed E-state index contributed by atoms with van der Waals surface area (Å²) in [6.07, 6.45) is 1.75. The molecule has 3 heteroatoms. The van der Waals surface area contributed by atoms with Gasteiger partial charge in [0, 0.05) is 11.8 Å². The van der Waals surface area contributed by atoms with E-state index < -0.39 is 0 Å². The average molecular weight is 295 g/mol. The van der Waals surface area contributed by atoms with Crippen molar-refractivity contribution in [1.29, 1.82) is 0 Å². The normalized spacial score (nSPS) is 9.87. The smallest absolute Gasteiger partial charge is 0.203 e. The lowest BCUT2D eigenvalue weighted by Crippen LogP contribution is -1.92. The second-order valence-electron chi connectivity index (χ2n) is 5.11. The number of para-hydroxylation sites is 1. The highest BCUT2D eigenvalue weighted by Crippen LogP contribution is 2.42. The highest BCUT2D eigenvalue weighted by Gasteiger charge is 2.16. The van der Waals surface area contributed by atoms with Crippen LogP contribution in [0.25, 0.3) is 32.1 Å². The van der Waals surface area contributed by atoms with E-state index in [-0.39, 0.29) is 0 Å². The molecule has 2 aromatic carbocycles. The lowest BCUT2D eigenvalue weighted by molar-refractivity contribution is 1.29. The van der Waals surface area contributed by atoms with Crippen molar-refractivity contribution in [2.45, 2.75) is 6.92 Å². The number of aromatic nitrogens is 1. The topological polar surface area (TPSA) is 21.6 Å². The fourth-order valence-corrected chi connectivity index (χ4v) is 2.66. The Morgan fingerprint density at radius 1 is 0.870 bits per heavy atom. The summed E-state index contributed by atoms with van der Waals surface area (Å²) in [6.45, 7) is 16.8. The van der Waals surface area contributed by atoms with Gasteiger partial charge in [-0.25, -0.2) is 4.85 Å². The van der Waals surface area contributed by atoms with E-state index in [0.29, 0.717) is 16.9 Å². The van der Waals surface area contributed by atoms with E-state index in [1.54, 1.807) is 18.3 Å². The van der Waals surface area contributed by atoms with Crippen molar-refractivity contribution < 1.29 is 0 Å². The molecule has 1 aromatic heterocycles. The number of nitrogens with zero attached hydrogens (tertiary/aromatic N) is 3. The second-order valence-corrected chi connectivity index (χ2v) is 5.11. The molecule has 3 nitrogen and oxygen atoms in total. The molecule has 0 amide bonds. The maximum atomic E-state index is 7.46. The number of rotatable bonds is 2. The predicted molar refractivity (Wildman–Crippen MR) is 92.4 cm³/mol. The molecule has 0 bridgehead atoms. The molecular weight excluding hydrogens is 282 g/mol. The Hall–Kier alpha value is -3.43. The zero-order valence-electron chi connectivity index (χ0n) is 12.6. The van der Waals surface area contributed by atoms with Gasteiger partial charge >= 0.3 is 0 Å². The Labute approximate surface area is 135 Å². The van der Waals surface area contributed by atoms with Gasteiger partial charge in [-0.05, 0) is 29.7 Å². The Morgan fingerprint density at radius 3 is 2.35 bits per heavy atom. The van der Waals surface area contributed by atoms with Crippen LogP contribution < -0.4 is 0 Å². The molecule has 0 atom stereocenters. The fourth-order valence-electron chi connectivity index (χ4n) is 2.66. The number of hydrogen-bond acceptors (Lipinski definition) is 1. The van der Waals surface area contributed by atoms with Crippen LogP contribution in [-0.2, 0) is 0 Å². The molecule has 0 unspecified atom stereocenters. The molecule has 0 fully saturated rings. The second kappa shape index (κ2) is 6.13. The molecule has 23 heavy (non-hydrogen) atoms. The van der Waals surface area contributed by atoms with Crippen LogP contribution in [0.1, 0.15) is 5.56 Å². The van der Waals surface area contributed by atoms with E-state index >= 15 is 0 Å². The zero-order valence-corrected chi connectivity index (χ0v) is 12.6. The predicted octanol–water partition coefficient (Wildman–Crippen LogP) is 5.83. The minimum Gasteiger partial charge on any atom is -0.257 e. The molecule has 3 aromatic rings. The van der Waals surface area contributed by atoms with E-state index in [1.165, 1.54) is 0 Å². The van der Waals surface area contributed by atoms with Crippen LogP contribution in [0.3, 0.4) is 0 Å². The molecular formula is C20H13N3. The molecule has 3 rings (SSSR count). The molecule has 0 aliphatic carbocycles. The van der Waals surface area contributed by atoms with Crippen LogP contribution in [0.15, 0.2) is 60.8 Å². The third-order valence-electron chi connectivity index (χ3n) is 3.72. The van der Waals surface area contributed by atoms with Crippen molar-refractivity contribution >= 4 is 11.4 Å². The molecule has 0 saturated heterocycles. The van der Waals surface area contributed by atoms with Crippen molar-refractivity contribution in [3.05, 3.63) is 89.2 Å². The first-order valence-corrected chi connectivity index (χ1v) is 7.15. The van der Waals surface area contributed by atoms with Gasteiger partial charge in [-0.15, -0.1) is 0 Å². The molecule has 0 radical (unpaired) electrons. The van der Waals surface area contributed by atoms with Gasteiger partial charge in [0.15, 0.2) is 5.69 Å². The first-order chi connectivity index (χ1) is 11.3. The lowest BCUT2D eigenvalue weighted by atomic mass is 9.94. The maximum Gasteiger partial charge on any atom is 0.203 e. The minimum absolute atomic E-state index is 0.359. The standard InChI is InChI=1S/C20H13N3/c1-14-12-13-23-20(18(14)15-8-5-4-6-9-15)16-10-7-11-17(21-2)19(16)22-3/h4-13H,1H3. The minimum atomic E-state index is 0.359. The van der Waals surface area contributed by atoms with Gasteiger partial charge in [0.2, 0.25) is 5.69 Å². The van der Waals surface area contributed by atoms with E-state index in [4.69, 9.17) is 13.1 Å². The van der Waals surface area contributed by atoms with E-state index in [9.17, 15) is 0 Å². The molecule has 108 valence electrons. The van der Waals surface area contributed by atoms with Crippen LogP contribution in [0.2, 0.25) is 0 Å². The monoisotopic (exact) mass is 295 g/mol. The van der Waals surface area contributed by atoms with Crippen molar-refractivity contribution in [2.75, 3.05) is 0 Å². The molecule has 0 N–H and O–H groups in total. The maximum absolute atomic E-state index is 7.46. The molecule has 0 saturated carbocycles. The third kappa shape index (κ3) is 2.57. The van der Waals surface area contributed by atoms with E-state index in [2.05, 4.69) is 14.7 Å². The first-order valence-electron chi connectivity index (χ1n) is 7.15. The number of benzene rings is 2. The van der Waals surface area contributed by atoms with Crippen molar-refractivity contribution in [2.24, 2.45) is 0 Å². The van der Waals surface area contributed by atoms with Crippen LogP contribution in [0.5, 0.6) is 0 Å². The van der Waals surface area contributed by atoms with Crippen LogP contribution in [-0.4, -0.2) is 4.98 Å². The summed E-state index contributed by atoms with van der Waals surface area (Å²) in [7, 11) is 0. The Morgan fingerprint density at radius 2 is 1.65 bits per heavy atom. The van der Waals surface area contributed by atoms with E-state index in [0.717, 1.165) is 22.4 Å². The third-order valence-corrected chi connectivity index (χ3v) is 3.72. The van der Waals surface area contributed by atoms with Gasteiger partial charge in [-0.1, -0.05) is 48.5 Å². The summed E-state index contributed by atoms with van der Waals surface area (Å²) in [4.78, 5) is 11.6. The highest BCUT2D eigenvalue weighted by atomic mass is 14.8. The zero-order chi connectivity index (χ0) is 16.2. The summed E-state index contributed by atoms with van der Waals surface area (Å²) >= 11 is 0. The Kier molecular flexibility index (Phi) is 3.87.